The molecule has 8 heterocycles. The van der Waals surface area contributed by atoms with Crippen molar-refractivity contribution in [1.29, 1.82) is 0 Å². The third kappa shape index (κ3) is 10.7. The monoisotopic (exact) mass is 1560 g/mol. The number of aromatic nitrogens is 4. The first kappa shape index (κ1) is 68.0. The number of fused-ring (bicyclic) bond motifs is 24. The molecule has 0 N–H and O–H groups in total. The molecule has 0 unspecified atom stereocenters. The number of furan rings is 2. The third-order valence-electron chi connectivity index (χ3n) is 24.7. The molecule has 0 radical (unpaired) electrons. The first-order valence-corrected chi connectivity index (χ1v) is 42.5. The van der Waals surface area contributed by atoms with Crippen molar-refractivity contribution >= 4 is 173 Å². The van der Waals surface area contributed by atoms with Crippen LogP contribution in [0.15, 0.2) is 421 Å². The molecule has 0 bridgehead atoms. The molecule has 0 saturated heterocycles. The van der Waals surface area contributed by atoms with Gasteiger partial charge in [-0.05, 0) is 200 Å². The molecular formula is C112H68N4O2S2. The van der Waals surface area contributed by atoms with E-state index in [2.05, 4.69) is 419 Å². The van der Waals surface area contributed by atoms with Gasteiger partial charge in [-0.3, -0.25) is 4.57 Å². The lowest BCUT2D eigenvalue weighted by molar-refractivity contribution is 0.645. The number of benzene rings is 18. The second-order valence-corrected chi connectivity index (χ2v) is 33.4. The van der Waals surface area contributed by atoms with Gasteiger partial charge in [0, 0.05) is 102 Å². The number of hydrogen-bond donors (Lipinski definition) is 0. The summed E-state index contributed by atoms with van der Waals surface area (Å²) in [6.07, 6.45) is 0. The Balaban J connectivity index is 0.000000133. The molecule has 0 amide bonds. The van der Waals surface area contributed by atoms with E-state index in [0.717, 1.165) is 77.6 Å². The van der Waals surface area contributed by atoms with Crippen LogP contribution in [0.25, 0.3) is 239 Å². The van der Waals surface area contributed by atoms with Crippen molar-refractivity contribution in [1.82, 2.24) is 18.3 Å². The molecule has 8 aromatic heterocycles. The van der Waals surface area contributed by atoms with Crippen LogP contribution in [0.4, 0.5) is 0 Å². The Morgan fingerprint density at radius 3 is 1.20 bits per heavy atom. The number of hydrogen-bond acceptors (Lipinski definition) is 4. The maximum absolute atomic E-state index is 6.78. The highest BCUT2D eigenvalue weighted by Crippen LogP contribution is 2.50. The van der Waals surface area contributed by atoms with Crippen molar-refractivity contribution in [2.24, 2.45) is 0 Å². The summed E-state index contributed by atoms with van der Waals surface area (Å²) in [6.45, 7) is 0. The minimum atomic E-state index is 0.871. The van der Waals surface area contributed by atoms with E-state index in [1.807, 2.05) is 34.8 Å². The summed E-state index contributed by atoms with van der Waals surface area (Å²) in [6, 6.07) is 150. The molecule has 18 aromatic carbocycles. The molecule has 0 aliphatic rings. The summed E-state index contributed by atoms with van der Waals surface area (Å²) >= 11 is 3.76. The first-order chi connectivity index (χ1) is 59.5. The molecule has 0 atom stereocenters. The topological polar surface area (TPSA) is 46.0 Å². The van der Waals surface area contributed by atoms with Crippen molar-refractivity contribution < 1.29 is 8.83 Å². The summed E-state index contributed by atoms with van der Waals surface area (Å²) in [5.74, 6) is 0. The van der Waals surface area contributed by atoms with Crippen LogP contribution in [0, 0.1) is 0 Å². The van der Waals surface area contributed by atoms with E-state index in [1.165, 1.54) is 162 Å². The van der Waals surface area contributed by atoms with Gasteiger partial charge in [0.2, 0.25) is 5.71 Å². The molecule has 560 valence electrons. The number of para-hydroxylation sites is 4. The molecule has 0 aliphatic carbocycles. The summed E-state index contributed by atoms with van der Waals surface area (Å²) in [7, 11) is 0. The fourth-order valence-corrected chi connectivity index (χ4v) is 21.6. The smallest absolute Gasteiger partial charge is 0.213 e. The van der Waals surface area contributed by atoms with Crippen LogP contribution in [-0.4, -0.2) is 18.3 Å². The Hall–Kier alpha value is -15.3. The van der Waals surface area contributed by atoms with Crippen LogP contribution in [0.3, 0.4) is 0 Å². The maximum Gasteiger partial charge on any atom is 0.213 e. The van der Waals surface area contributed by atoms with Crippen molar-refractivity contribution in [2.75, 3.05) is 0 Å². The van der Waals surface area contributed by atoms with Crippen molar-refractivity contribution in [2.45, 2.75) is 0 Å². The Morgan fingerprint density at radius 2 is 0.575 bits per heavy atom. The molecule has 0 spiro atoms. The lowest BCUT2D eigenvalue weighted by Gasteiger charge is -2.12. The number of rotatable bonds is 10. The number of nitrogens with zero attached hydrogens (tertiary/aromatic N) is 4. The maximum atomic E-state index is 6.78. The van der Waals surface area contributed by atoms with Gasteiger partial charge in [-0.15, -0.1) is 22.7 Å². The quantitative estimate of drug-likeness (QED) is 0.137. The zero-order valence-corrected chi connectivity index (χ0v) is 66.3. The summed E-state index contributed by atoms with van der Waals surface area (Å²) < 4.78 is 26.9. The molecular weight excluding hydrogens is 1500 g/mol. The van der Waals surface area contributed by atoms with E-state index < -0.39 is 0 Å². The predicted molar refractivity (Wildman–Crippen MR) is 508 cm³/mol. The lowest BCUT2D eigenvalue weighted by atomic mass is 9.99. The van der Waals surface area contributed by atoms with E-state index in [1.54, 1.807) is 0 Å². The minimum absolute atomic E-state index is 0.871. The van der Waals surface area contributed by atoms with Crippen molar-refractivity contribution in [3.8, 4) is 89.5 Å². The van der Waals surface area contributed by atoms with Gasteiger partial charge < -0.3 is 22.5 Å². The van der Waals surface area contributed by atoms with E-state index in [4.69, 9.17) is 8.83 Å². The molecule has 6 nitrogen and oxygen atoms in total. The molecule has 120 heavy (non-hydrogen) atoms. The summed E-state index contributed by atoms with van der Waals surface area (Å²) in [4.78, 5) is 1.28. The van der Waals surface area contributed by atoms with Crippen LogP contribution in [0.5, 0.6) is 0 Å². The second-order valence-electron chi connectivity index (χ2n) is 31.4. The number of thiophene rings is 2. The largest absolute Gasteiger partial charge is 0.454 e. The Kier molecular flexibility index (Phi) is 15.4. The highest BCUT2D eigenvalue weighted by atomic mass is 32.1. The average Bonchev–Trinajstić information content (AvgIpc) is 1.57. The van der Waals surface area contributed by atoms with Gasteiger partial charge in [0.1, 0.15) is 16.0 Å². The highest BCUT2D eigenvalue weighted by molar-refractivity contribution is 7.27. The molecule has 26 aromatic rings. The Labute approximate surface area is 696 Å². The van der Waals surface area contributed by atoms with Gasteiger partial charge >= 0.3 is 0 Å². The van der Waals surface area contributed by atoms with Crippen LogP contribution in [0.2, 0.25) is 0 Å². The summed E-state index contributed by atoms with van der Waals surface area (Å²) in [5, 5.41) is 17.0. The fourth-order valence-electron chi connectivity index (χ4n) is 19.1. The second kappa shape index (κ2) is 27.1. The van der Waals surface area contributed by atoms with Gasteiger partial charge in [-0.1, -0.05) is 279 Å². The van der Waals surface area contributed by atoms with E-state index in [-0.39, 0.29) is 0 Å². The molecule has 0 fully saturated rings. The zero-order chi connectivity index (χ0) is 78.6. The van der Waals surface area contributed by atoms with E-state index >= 15 is 0 Å². The molecule has 26 rings (SSSR count). The van der Waals surface area contributed by atoms with Crippen LogP contribution in [-0.2, 0) is 0 Å². The predicted octanol–water partition coefficient (Wildman–Crippen LogP) is 32.0. The molecule has 0 saturated carbocycles. The fraction of sp³-hybridized carbons (Fsp3) is 0. The standard InChI is InChI=1S/2C56H34N2OS/c1-3-12-35(13-4-1)37-14-11-15-38(32-37)36-22-26-42(27-23-36)57-49-30-24-39(33-47(49)44-28-29-45-43-18-8-10-21-52(43)60-55(45)54(44)57)40-25-31-50-48(34-40)53-46-19-7-9-20-51(46)59-56(53)58(50)41-16-5-2-6-17-41;1-3-12-35(13-4-1)36-22-24-37(25-23-36)38-14-11-17-42(32-38)57-49-30-26-39(33-47(49)44-28-29-45-43-18-7-9-20-51(43)59-55(45)54(44)57)40-27-31-50-48(34-40)53-46-19-8-10-21-52(46)60-56(53)58(50)41-15-5-2-6-16-41/h2*1-34H. The minimum Gasteiger partial charge on any atom is -0.454 e. The van der Waals surface area contributed by atoms with E-state index in [0.29, 0.717) is 0 Å². The van der Waals surface area contributed by atoms with Gasteiger partial charge in [0.25, 0.3) is 0 Å². The van der Waals surface area contributed by atoms with Crippen LogP contribution >= 0.6 is 22.7 Å². The van der Waals surface area contributed by atoms with Gasteiger partial charge in [0.15, 0.2) is 5.58 Å². The Bertz CT molecular complexity index is 8630. The van der Waals surface area contributed by atoms with E-state index in [9.17, 15) is 0 Å². The van der Waals surface area contributed by atoms with Crippen LogP contribution in [0.1, 0.15) is 0 Å². The normalized spacial score (nSPS) is 12.0. The zero-order valence-electron chi connectivity index (χ0n) is 64.7. The van der Waals surface area contributed by atoms with Crippen LogP contribution < -0.4 is 0 Å². The van der Waals surface area contributed by atoms with Gasteiger partial charge in [-0.25, -0.2) is 0 Å². The van der Waals surface area contributed by atoms with Gasteiger partial charge in [-0.2, -0.15) is 0 Å². The van der Waals surface area contributed by atoms with Crippen molar-refractivity contribution in [3.63, 3.8) is 0 Å². The SMILES string of the molecule is c1ccc(-c2ccc(-c3cccc(-n4c5ccc(-c6ccc7c(c6)c6c8ccccc8sc6n7-c6ccccc6)cc5c5ccc6c7ccccc7oc6c54)c3)cc2)cc1.c1ccc(-c2cccc(-c3ccc(-n4c5ccc(-c6ccc7c(c6)c6c8ccccc8oc6n7-c6ccccc6)cc5c5ccc6c7ccccc7sc6c54)cc3)c2)cc1. The highest BCUT2D eigenvalue weighted by Gasteiger charge is 2.26. The average molecular weight is 1570 g/mol. The van der Waals surface area contributed by atoms with Gasteiger partial charge in [0.05, 0.1) is 43.2 Å². The Morgan fingerprint density at radius 1 is 0.192 bits per heavy atom. The molecule has 0 aliphatic heterocycles. The molecule has 8 heteroatoms. The van der Waals surface area contributed by atoms with Crippen molar-refractivity contribution in [3.05, 3.63) is 413 Å². The first-order valence-electron chi connectivity index (χ1n) is 40.8. The summed E-state index contributed by atoms with van der Waals surface area (Å²) in [5.41, 5.74) is 29.4. The third-order valence-corrected chi connectivity index (χ3v) is 27.0. The lowest BCUT2D eigenvalue weighted by Crippen LogP contribution is -1.95.